The maximum Gasteiger partial charge on any atom is 0.246 e. The van der Waals surface area contributed by atoms with Crippen molar-refractivity contribution in [2.45, 2.75) is 143 Å². The molecule has 5 unspecified atom stereocenters. The van der Waals surface area contributed by atoms with Gasteiger partial charge in [0.05, 0.1) is 6.04 Å². The number of hydrogen-bond donors (Lipinski definition) is 3. The quantitative estimate of drug-likeness (QED) is 0.231. The molecule has 2 aliphatic carbocycles. The van der Waals surface area contributed by atoms with Crippen LogP contribution in [0.5, 0.6) is 0 Å². The summed E-state index contributed by atoms with van der Waals surface area (Å²) in [5.74, 6) is -2.58. The van der Waals surface area contributed by atoms with Gasteiger partial charge in [0.2, 0.25) is 29.9 Å². The molecule has 3 N–H and O–H groups in total. The van der Waals surface area contributed by atoms with Crippen LogP contribution in [0.3, 0.4) is 0 Å². The van der Waals surface area contributed by atoms with E-state index in [0.717, 1.165) is 64.2 Å². The summed E-state index contributed by atoms with van der Waals surface area (Å²) >= 11 is 0. The fourth-order valence-corrected chi connectivity index (χ4v) is 7.71. The smallest absolute Gasteiger partial charge is 0.246 e. The second-order valence-electron chi connectivity index (χ2n) is 14.4. The third-order valence-electron chi connectivity index (χ3n) is 10.3. The summed E-state index contributed by atoms with van der Waals surface area (Å²) < 4.78 is 0. The van der Waals surface area contributed by atoms with E-state index in [1.54, 1.807) is 4.90 Å². The molecule has 3 aliphatic rings. The molecule has 0 aromatic rings. The molecule has 10 nitrogen and oxygen atoms in total. The molecule has 1 saturated heterocycles. The van der Waals surface area contributed by atoms with Gasteiger partial charge in [-0.25, -0.2) is 0 Å². The number of amides is 4. The molecule has 4 amide bonds. The lowest BCUT2D eigenvalue weighted by Gasteiger charge is -2.38. The summed E-state index contributed by atoms with van der Waals surface area (Å²) in [5, 5.41) is 8.54. The summed E-state index contributed by atoms with van der Waals surface area (Å²) in [6, 6.07) is -3.45. The number of hydrogen-bond acceptors (Lipinski definition) is 6. The molecule has 1 heterocycles. The van der Waals surface area contributed by atoms with Crippen molar-refractivity contribution >= 4 is 35.7 Å². The fourth-order valence-electron chi connectivity index (χ4n) is 7.71. The van der Waals surface area contributed by atoms with Crippen LogP contribution in [0.2, 0.25) is 0 Å². The van der Waals surface area contributed by atoms with E-state index < -0.39 is 47.1 Å². The molecule has 242 valence electrons. The van der Waals surface area contributed by atoms with Crippen molar-refractivity contribution in [3.8, 4) is 0 Å². The number of Topliss-reactive ketones (excluding diaryl/α,β-unsaturated/α-hetero) is 2. The van der Waals surface area contributed by atoms with Gasteiger partial charge in [0.1, 0.15) is 18.1 Å². The van der Waals surface area contributed by atoms with Crippen molar-refractivity contribution in [2.75, 3.05) is 6.54 Å². The van der Waals surface area contributed by atoms with Crippen molar-refractivity contribution in [3.63, 3.8) is 0 Å². The highest BCUT2D eigenvalue weighted by atomic mass is 16.2. The average Bonchev–Trinajstić information content (AvgIpc) is 3.24. The van der Waals surface area contributed by atoms with Crippen molar-refractivity contribution in [1.82, 2.24) is 20.9 Å². The number of nitrogens with zero attached hydrogens (tertiary/aromatic N) is 1. The Bertz CT molecular complexity index is 1040. The minimum atomic E-state index is -0.939. The number of ketones is 2. The first-order valence-electron chi connectivity index (χ1n) is 16.4. The van der Waals surface area contributed by atoms with Gasteiger partial charge in [-0.2, -0.15) is 0 Å². The van der Waals surface area contributed by atoms with Gasteiger partial charge in [0, 0.05) is 13.5 Å². The summed E-state index contributed by atoms with van der Waals surface area (Å²) in [5.41, 5.74) is -0.927. The van der Waals surface area contributed by atoms with Crippen LogP contribution in [0, 0.1) is 22.7 Å². The third kappa shape index (κ3) is 8.04. The molecule has 0 radical (unpaired) electrons. The molecule has 1 aliphatic heterocycles. The van der Waals surface area contributed by atoms with Crippen molar-refractivity contribution < 1.29 is 28.8 Å². The highest BCUT2D eigenvalue weighted by Gasteiger charge is 2.56. The van der Waals surface area contributed by atoms with E-state index >= 15 is 0 Å². The lowest BCUT2D eigenvalue weighted by atomic mass is 9.67. The standard InChI is InChI=1S/C33H54N4O6/c1-7-14-24(27(40)22(3)39)35-30(42)26-21(2)33(17-12-9-13-18-33)19-37(26)31(43)28(32(4,5)6)36-29(41)25(34-20-38)23-15-10-8-11-16-23/h20-21,23-26,28H,7-19H2,1-6H3,(H,34,38)(H,35,42)(H,36,41). The molecular weight excluding hydrogens is 548 g/mol. The van der Waals surface area contributed by atoms with Crippen LogP contribution in [0.4, 0.5) is 0 Å². The number of nitrogens with one attached hydrogen (secondary N) is 3. The Morgan fingerprint density at radius 1 is 0.953 bits per heavy atom. The first-order chi connectivity index (χ1) is 20.3. The van der Waals surface area contributed by atoms with Crippen LogP contribution in [-0.2, 0) is 28.8 Å². The van der Waals surface area contributed by atoms with Crippen molar-refractivity contribution in [2.24, 2.45) is 22.7 Å². The van der Waals surface area contributed by atoms with Crippen LogP contribution in [0.25, 0.3) is 0 Å². The van der Waals surface area contributed by atoms with Crippen LogP contribution in [-0.4, -0.2) is 71.3 Å². The van der Waals surface area contributed by atoms with E-state index in [9.17, 15) is 28.8 Å². The van der Waals surface area contributed by atoms with Crippen LogP contribution in [0.1, 0.15) is 119 Å². The molecule has 2 saturated carbocycles. The van der Waals surface area contributed by atoms with Crippen molar-refractivity contribution in [1.29, 1.82) is 0 Å². The Labute approximate surface area is 257 Å². The molecule has 3 fully saturated rings. The number of likely N-dealkylation sites (tertiary alicyclic amines) is 1. The second-order valence-corrected chi connectivity index (χ2v) is 14.4. The Morgan fingerprint density at radius 3 is 2.09 bits per heavy atom. The maximum absolute atomic E-state index is 14.5. The minimum absolute atomic E-state index is 0.000161. The number of rotatable bonds is 12. The predicted octanol–water partition coefficient (Wildman–Crippen LogP) is 3.45. The summed E-state index contributed by atoms with van der Waals surface area (Å²) in [6.07, 6.45) is 11.2. The van der Waals surface area contributed by atoms with Gasteiger partial charge in [0.25, 0.3) is 0 Å². The zero-order chi connectivity index (χ0) is 31.9. The number of carbonyl (C=O) groups is 6. The zero-order valence-electron chi connectivity index (χ0n) is 27.1. The molecule has 0 bridgehead atoms. The van der Waals surface area contributed by atoms with Gasteiger partial charge in [-0.3, -0.25) is 28.8 Å². The Hall–Kier alpha value is -2.78. The number of carbonyl (C=O) groups excluding carboxylic acids is 6. The van der Waals surface area contributed by atoms with Gasteiger partial charge in [-0.1, -0.05) is 79.6 Å². The van der Waals surface area contributed by atoms with E-state index in [1.165, 1.54) is 6.92 Å². The van der Waals surface area contributed by atoms with Gasteiger partial charge in [0.15, 0.2) is 5.78 Å². The second kappa shape index (κ2) is 14.8. The Morgan fingerprint density at radius 2 is 1.56 bits per heavy atom. The molecule has 0 aromatic carbocycles. The van der Waals surface area contributed by atoms with Gasteiger partial charge in [-0.15, -0.1) is 0 Å². The molecule has 0 aromatic heterocycles. The minimum Gasteiger partial charge on any atom is -0.347 e. The van der Waals surface area contributed by atoms with E-state index in [4.69, 9.17) is 0 Å². The first-order valence-corrected chi connectivity index (χ1v) is 16.4. The van der Waals surface area contributed by atoms with Gasteiger partial charge >= 0.3 is 0 Å². The van der Waals surface area contributed by atoms with Gasteiger partial charge < -0.3 is 20.9 Å². The van der Waals surface area contributed by atoms with Crippen LogP contribution in [0.15, 0.2) is 0 Å². The summed E-state index contributed by atoms with van der Waals surface area (Å²) in [4.78, 5) is 79.9. The van der Waals surface area contributed by atoms with E-state index in [0.29, 0.717) is 25.8 Å². The largest absolute Gasteiger partial charge is 0.347 e. The van der Waals surface area contributed by atoms with Gasteiger partial charge in [-0.05, 0) is 54.8 Å². The average molecular weight is 603 g/mol. The highest BCUT2D eigenvalue weighted by molar-refractivity contribution is 6.38. The molecule has 1 spiro atoms. The molecule has 10 heteroatoms. The monoisotopic (exact) mass is 602 g/mol. The van der Waals surface area contributed by atoms with E-state index in [2.05, 4.69) is 16.0 Å². The Kier molecular flexibility index (Phi) is 11.9. The third-order valence-corrected chi connectivity index (χ3v) is 10.3. The first kappa shape index (κ1) is 34.7. The molecular formula is C33H54N4O6. The SMILES string of the molecule is CCCC(NC(=O)C1C(C)C2(CCCCC2)CN1C(=O)C(NC(=O)C(NC=O)C1CCCCC1)C(C)(C)C)C(=O)C(C)=O. The normalized spacial score (nSPS) is 24.5. The predicted molar refractivity (Wildman–Crippen MR) is 164 cm³/mol. The molecule has 3 rings (SSSR count). The molecule has 5 atom stereocenters. The van der Waals surface area contributed by atoms with E-state index in [1.807, 2.05) is 34.6 Å². The van der Waals surface area contributed by atoms with Crippen LogP contribution >= 0.6 is 0 Å². The maximum atomic E-state index is 14.5. The summed E-state index contributed by atoms with van der Waals surface area (Å²) in [6.45, 7) is 11.1. The molecule has 43 heavy (non-hydrogen) atoms. The van der Waals surface area contributed by atoms with Crippen LogP contribution < -0.4 is 16.0 Å². The lowest BCUT2D eigenvalue weighted by molar-refractivity contribution is -0.146. The highest BCUT2D eigenvalue weighted by Crippen LogP contribution is 2.50. The van der Waals surface area contributed by atoms with E-state index in [-0.39, 0.29) is 29.1 Å². The fraction of sp³-hybridized carbons (Fsp3) is 0.818. The summed E-state index contributed by atoms with van der Waals surface area (Å²) in [7, 11) is 0. The zero-order valence-corrected chi connectivity index (χ0v) is 27.1. The Balaban J connectivity index is 1.94. The van der Waals surface area contributed by atoms with Crippen molar-refractivity contribution in [3.05, 3.63) is 0 Å². The topological polar surface area (TPSA) is 142 Å². The lowest BCUT2D eigenvalue weighted by Crippen LogP contribution is -2.61.